The molecule has 17 heavy (non-hydrogen) atoms. The molecule has 1 fully saturated rings. The Labute approximate surface area is 110 Å². The van der Waals surface area contributed by atoms with Crippen molar-refractivity contribution in [3.8, 4) is 0 Å². The summed E-state index contributed by atoms with van der Waals surface area (Å²) in [5.41, 5.74) is 0.838. The number of rotatable bonds is 1. The monoisotopic (exact) mass is 270 g/mol. The minimum atomic E-state index is -0.161. The first-order valence-electron chi connectivity index (χ1n) is 5.48. The molecule has 0 aromatic heterocycles. The molecule has 1 aliphatic carbocycles. The van der Waals surface area contributed by atoms with Crippen LogP contribution in [-0.2, 0) is 9.59 Å². The largest absolute Gasteiger partial charge is 0.299 e. The summed E-state index contributed by atoms with van der Waals surface area (Å²) in [6, 6.07) is 5.19. The zero-order valence-corrected chi connectivity index (χ0v) is 10.9. The van der Waals surface area contributed by atoms with E-state index in [0.717, 1.165) is 5.56 Å². The van der Waals surface area contributed by atoms with Gasteiger partial charge in [-0.05, 0) is 17.7 Å². The number of ketones is 2. The lowest BCUT2D eigenvalue weighted by atomic mass is 9.75. The second-order valence-electron chi connectivity index (χ2n) is 4.45. The average Bonchev–Trinajstić information content (AvgIpc) is 2.24. The third-order valence-corrected chi connectivity index (χ3v) is 3.85. The number of hydrogen-bond acceptors (Lipinski definition) is 2. The number of carbonyl (C=O) groups excluding carboxylic acids is 2. The van der Waals surface area contributed by atoms with E-state index in [1.807, 2.05) is 6.92 Å². The van der Waals surface area contributed by atoms with Crippen LogP contribution in [0.5, 0.6) is 0 Å². The van der Waals surface area contributed by atoms with Crippen LogP contribution in [-0.4, -0.2) is 11.6 Å². The van der Waals surface area contributed by atoms with Gasteiger partial charge in [0.2, 0.25) is 0 Å². The van der Waals surface area contributed by atoms with Gasteiger partial charge in [-0.2, -0.15) is 0 Å². The van der Waals surface area contributed by atoms with Crippen LogP contribution in [0.15, 0.2) is 18.2 Å². The quantitative estimate of drug-likeness (QED) is 0.731. The molecular weight excluding hydrogens is 259 g/mol. The van der Waals surface area contributed by atoms with E-state index in [9.17, 15) is 9.59 Å². The number of benzene rings is 1. The van der Waals surface area contributed by atoms with Crippen molar-refractivity contribution in [3.63, 3.8) is 0 Å². The Kier molecular flexibility index (Phi) is 3.55. The van der Waals surface area contributed by atoms with Crippen molar-refractivity contribution in [1.29, 1.82) is 0 Å². The molecule has 2 rings (SSSR count). The fraction of sp³-hybridized carbons (Fsp3) is 0.385. The van der Waals surface area contributed by atoms with Gasteiger partial charge in [-0.1, -0.05) is 36.2 Å². The Morgan fingerprint density at radius 2 is 1.94 bits per heavy atom. The first-order valence-corrected chi connectivity index (χ1v) is 6.24. The van der Waals surface area contributed by atoms with Crippen LogP contribution in [0.1, 0.15) is 31.2 Å². The maximum Gasteiger partial charge on any atom is 0.143 e. The van der Waals surface area contributed by atoms with Gasteiger partial charge >= 0.3 is 0 Å². The van der Waals surface area contributed by atoms with Gasteiger partial charge < -0.3 is 0 Å². The Hall–Kier alpha value is -0.860. The summed E-state index contributed by atoms with van der Waals surface area (Å²) in [5.74, 6) is -0.290. The molecule has 0 aliphatic heterocycles. The van der Waals surface area contributed by atoms with E-state index >= 15 is 0 Å². The second kappa shape index (κ2) is 4.79. The molecule has 0 heterocycles. The van der Waals surface area contributed by atoms with Gasteiger partial charge in [-0.3, -0.25) is 9.59 Å². The van der Waals surface area contributed by atoms with Crippen LogP contribution in [0.3, 0.4) is 0 Å². The third-order valence-electron chi connectivity index (χ3n) is 3.29. The van der Waals surface area contributed by atoms with Crippen molar-refractivity contribution in [3.05, 3.63) is 33.8 Å². The highest BCUT2D eigenvalue weighted by Crippen LogP contribution is 2.38. The van der Waals surface area contributed by atoms with Crippen molar-refractivity contribution in [2.24, 2.45) is 5.92 Å². The predicted molar refractivity (Wildman–Crippen MR) is 67.6 cm³/mol. The van der Waals surface area contributed by atoms with Crippen LogP contribution < -0.4 is 0 Å². The number of Topliss-reactive ketones (excluding diaryl/α,β-unsaturated/α-hetero) is 2. The first-order chi connectivity index (χ1) is 7.99. The maximum atomic E-state index is 11.7. The number of carbonyl (C=O) groups is 2. The Bertz CT molecular complexity index is 482. The molecule has 0 amide bonds. The zero-order chi connectivity index (χ0) is 12.6. The van der Waals surface area contributed by atoms with E-state index in [-0.39, 0.29) is 29.8 Å². The summed E-state index contributed by atoms with van der Waals surface area (Å²) in [5, 5.41) is 1.08. The van der Waals surface area contributed by atoms with Crippen LogP contribution in [0.25, 0.3) is 0 Å². The Balaban J connectivity index is 2.37. The average molecular weight is 271 g/mol. The Morgan fingerprint density at radius 3 is 2.59 bits per heavy atom. The van der Waals surface area contributed by atoms with E-state index < -0.39 is 0 Å². The van der Waals surface area contributed by atoms with Gasteiger partial charge in [0, 0.05) is 28.3 Å². The summed E-state index contributed by atoms with van der Waals surface area (Å²) in [6.45, 7) is 1.85. The van der Waals surface area contributed by atoms with Crippen molar-refractivity contribution in [1.82, 2.24) is 0 Å². The molecule has 0 bridgehead atoms. The van der Waals surface area contributed by atoms with Crippen LogP contribution in [0.4, 0.5) is 0 Å². The molecule has 0 saturated heterocycles. The highest BCUT2D eigenvalue weighted by molar-refractivity contribution is 6.35. The molecular formula is C13H12Cl2O2. The minimum Gasteiger partial charge on any atom is -0.299 e. The van der Waals surface area contributed by atoms with Crippen LogP contribution in [0.2, 0.25) is 10.0 Å². The molecule has 90 valence electrons. The Morgan fingerprint density at radius 1 is 1.24 bits per heavy atom. The lowest BCUT2D eigenvalue weighted by Crippen LogP contribution is -2.30. The SMILES string of the molecule is C[C@@H]1C(=O)CC(=O)C[C@@H]1c1ccc(Cl)cc1Cl. The van der Waals surface area contributed by atoms with Crippen molar-refractivity contribution >= 4 is 34.8 Å². The van der Waals surface area contributed by atoms with Gasteiger partial charge in [-0.15, -0.1) is 0 Å². The lowest BCUT2D eigenvalue weighted by Gasteiger charge is -2.27. The fourth-order valence-electron chi connectivity index (χ4n) is 2.26. The van der Waals surface area contributed by atoms with E-state index in [1.165, 1.54) is 0 Å². The van der Waals surface area contributed by atoms with Gasteiger partial charge in [-0.25, -0.2) is 0 Å². The van der Waals surface area contributed by atoms with E-state index in [2.05, 4.69) is 0 Å². The smallest absolute Gasteiger partial charge is 0.143 e. The van der Waals surface area contributed by atoms with E-state index in [0.29, 0.717) is 16.5 Å². The van der Waals surface area contributed by atoms with Gasteiger partial charge in [0.25, 0.3) is 0 Å². The first kappa shape index (κ1) is 12.6. The van der Waals surface area contributed by atoms with Crippen molar-refractivity contribution in [2.45, 2.75) is 25.7 Å². The molecule has 0 unspecified atom stereocenters. The highest BCUT2D eigenvalue weighted by atomic mass is 35.5. The molecule has 2 nitrogen and oxygen atoms in total. The van der Waals surface area contributed by atoms with Gasteiger partial charge in [0.15, 0.2) is 0 Å². The molecule has 4 heteroatoms. The summed E-state index contributed by atoms with van der Waals surface area (Å²) in [7, 11) is 0. The molecule has 1 saturated carbocycles. The van der Waals surface area contributed by atoms with Gasteiger partial charge in [0.05, 0.1) is 6.42 Å². The standard InChI is InChI=1S/C13H12Cl2O2/c1-7-11(5-9(16)6-13(7)17)10-3-2-8(14)4-12(10)15/h2-4,7,11H,5-6H2,1H3/t7-,11-/m0/s1. The van der Waals surface area contributed by atoms with Gasteiger partial charge in [0.1, 0.15) is 11.6 Å². The molecule has 1 aromatic carbocycles. The summed E-state index contributed by atoms with van der Waals surface area (Å²) >= 11 is 11.9. The summed E-state index contributed by atoms with van der Waals surface area (Å²) in [4.78, 5) is 23.2. The molecule has 2 atom stereocenters. The molecule has 0 N–H and O–H groups in total. The van der Waals surface area contributed by atoms with Crippen LogP contribution in [0, 0.1) is 5.92 Å². The fourth-order valence-corrected chi connectivity index (χ4v) is 2.80. The maximum absolute atomic E-state index is 11.7. The summed E-state index contributed by atoms with van der Waals surface area (Å²) in [6.07, 6.45) is 0.442. The minimum absolute atomic E-state index is 0.00253. The lowest BCUT2D eigenvalue weighted by molar-refractivity contribution is -0.133. The summed E-state index contributed by atoms with van der Waals surface area (Å²) < 4.78 is 0. The predicted octanol–water partition coefficient (Wildman–Crippen LogP) is 3.65. The van der Waals surface area contributed by atoms with Crippen molar-refractivity contribution < 1.29 is 9.59 Å². The molecule has 1 aromatic rings. The number of hydrogen-bond donors (Lipinski definition) is 0. The van der Waals surface area contributed by atoms with Crippen LogP contribution >= 0.6 is 23.2 Å². The van der Waals surface area contributed by atoms with E-state index in [1.54, 1.807) is 18.2 Å². The number of halogens is 2. The van der Waals surface area contributed by atoms with E-state index in [4.69, 9.17) is 23.2 Å². The topological polar surface area (TPSA) is 34.1 Å². The second-order valence-corrected chi connectivity index (χ2v) is 5.29. The molecule has 0 radical (unpaired) electrons. The third kappa shape index (κ3) is 2.53. The van der Waals surface area contributed by atoms with Crippen molar-refractivity contribution in [2.75, 3.05) is 0 Å². The highest BCUT2D eigenvalue weighted by Gasteiger charge is 2.34. The molecule has 1 aliphatic rings. The zero-order valence-electron chi connectivity index (χ0n) is 9.37. The molecule has 0 spiro atoms. The normalized spacial score (nSPS) is 25.1.